The number of para-hydroxylation sites is 2. The third-order valence-electron chi connectivity index (χ3n) is 6.90. The Labute approximate surface area is 236 Å². The van der Waals surface area contributed by atoms with E-state index in [0.29, 0.717) is 28.5 Å². The zero-order valence-electron chi connectivity index (χ0n) is 22.6. The van der Waals surface area contributed by atoms with Crippen LogP contribution in [0.1, 0.15) is 63.9 Å². The quantitative estimate of drug-likeness (QED) is 0.335. The maximum Gasteiger partial charge on any atom is 0.273 e. The molecule has 5 N–H and O–H groups in total. The SMILES string of the molecule is COc1ccc([C@@H](C(=O)NC2CCCCC2)N(C(=O)c2snc(C(N)=O)c2N)c2ccccc2OC)cc1OC. The maximum absolute atomic E-state index is 14.3. The van der Waals surface area contributed by atoms with Crippen LogP contribution in [-0.2, 0) is 4.79 Å². The van der Waals surface area contributed by atoms with Gasteiger partial charge in [-0.2, -0.15) is 4.37 Å². The fourth-order valence-corrected chi connectivity index (χ4v) is 5.64. The highest BCUT2D eigenvalue weighted by atomic mass is 32.1. The number of nitrogens with zero attached hydrogens (tertiary/aromatic N) is 2. The molecule has 0 aliphatic heterocycles. The number of anilines is 2. The van der Waals surface area contributed by atoms with Crippen LogP contribution in [0.3, 0.4) is 0 Å². The van der Waals surface area contributed by atoms with Gasteiger partial charge in [-0.3, -0.25) is 19.3 Å². The first-order chi connectivity index (χ1) is 19.3. The number of nitrogen functional groups attached to an aromatic ring is 1. The van der Waals surface area contributed by atoms with Crippen molar-refractivity contribution in [2.45, 2.75) is 44.2 Å². The Balaban J connectivity index is 1.92. The minimum absolute atomic E-state index is 0.0318. The molecule has 1 fully saturated rings. The lowest BCUT2D eigenvalue weighted by Crippen LogP contribution is -2.47. The van der Waals surface area contributed by atoms with Crippen molar-refractivity contribution >= 4 is 40.6 Å². The van der Waals surface area contributed by atoms with Gasteiger partial charge in [-0.1, -0.05) is 37.5 Å². The molecule has 12 heteroatoms. The number of nitrogens with two attached hydrogens (primary N) is 2. The van der Waals surface area contributed by atoms with E-state index in [-0.39, 0.29) is 22.3 Å². The largest absolute Gasteiger partial charge is 0.495 e. The molecule has 0 saturated heterocycles. The molecule has 212 valence electrons. The van der Waals surface area contributed by atoms with Crippen LogP contribution in [0.25, 0.3) is 0 Å². The Bertz CT molecular complexity index is 1390. The standard InChI is InChI=1S/C28H33N5O6S/c1-37-19-12-8-7-11-18(19)33(28(36)25-22(29)23(26(30)34)32-40-25)24(27(35)31-17-9-5-4-6-10-17)16-13-14-20(38-2)21(15-16)39-3/h7-8,11-15,17,24H,4-6,9-10,29H2,1-3H3,(H2,30,34)(H,31,35)/t24-/m0/s1. The predicted molar refractivity (Wildman–Crippen MR) is 152 cm³/mol. The molecule has 11 nitrogen and oxygen atoms in total. The maximum atomic E-state index is 14.3. The molecule has 0 bridgehead atoms. The molecule has 40 heavy (non-hydrogen) atoms. The Kier molecular flexibility index (Phi) is 9.10. The third-order valence-corrected chi connectivity index (χ3v) is 7.75. The summed E-state index contributed by atoms with van der Waals surface area (Å²) in [5.74, 6) is -0.697. The van der Waals surface area contributed by atoms with Gasteiger partial charge in [-0.15, -0.1) is 0 Å². The zero-order chi connectivity index (χ0) is 28.8. The summed E-state index contributed by atoms with van der Waals surface area (Å²) in [6, 6.07) is 10.7. The van der Waals surface area contributed by atoms with Crippen molar-refractivity contribution in [1.29, 1.82) is 0 Å². The van der Waals surface area contributed by atoms with Crippen molar-refractivity contribution in [3.05, 3.63) is 58.6 Å². The molecule has 1 aliphatic carbocycles. The molecule has 0 radical (unpaired) electrons. The first-order valence-electron chi connectivity index (χ1n) is 12.8. The second-order valence-corrected chi connectivity index (χ2v) is 10.1. The van der Waals surface area contributed by atoms with Gasteiger partial charge in [0, 0.05) is 6.04 Å². The normalized spacial score (nSPS) is 14.2. The van der Waals surface area contributed by atoms with Gasteiger partial charge in [0.05, 0.1) is 32.7 Å². The number of methoxy groups -OCH3 is 3. The zero-order valence-corrected chi connectivity index (χ0v) is 23.5. The van der Waals surface area contributed by atoms with Gasteiger partial charge in [0.2, 0.25) is 5.91 Å². The van der Waals surface area contributed by atoms with Crippen LogP contribution in [0.4, 0.5) is 11.4 Å². The molecule has 1 aliphatic rings. The van der Waals surface area contributed by atoms with E-state index in [9.17, 15) is 14.4 Å². The van der Waals surface area contributed by atoms with Crippen LogP contribution >= 0.6 is 11.5 Å². The first-order valence-corrected chi connectivity index (χ1v) is 13.6. The van der Waals surface area contributed by atoms with Crippen LogP contribution in [-0.4, -0.2) is 49.5 Å². The van der Waals surface area contributed by atoms with Crippen molar-refractivity contribution in [3.63, 3.8) is 0 Å². The van der Waals surface area contributed by atoms with Crippen molar-refractivity contribution < 1.29 is 28.6 Å². The molecule has 0 spiro atoms. The average molecular weight is 568 g/mol. The molecule has 4 rings (SSSR count). The van der Waals surface area contributed by atoms with Gasteiger partial charge in [0.1, 0.15) is 16.7 Å². The van der Waals surface area contributed by atoms with E-state index in [0.717, 1.165) is 43.6 Å². The lowest BCUT2D eigenvalue weighted by Gasteiger charge is -2.34. The highest BCUT2D eigenvalue weighted by molar-refractivity contribution is 7.09. The number of rotatable bonds is 10. The topological polar surface area (TPSA) is 159 Å². The highest BCUT2D eigenvalue weighted by Crippen LogP contribution is 2.40. The fraction of sp³-hybridized carbons (Fsp3) is 0.357. The number of hydrogen-bond donors (Lipinski definition) is 3. The van der Waals surface area contributed by atoms with Crippen molar-refractivity contribution in [3.8, 4) is 17.2 Å². The summed E-state index contributed by atoms with van der Waals surface area (Å²) in [6.07, 6.45) is 4.82. The van der Waals surface area contributed by atoms with Crippen molar-refractivity contribution in [1.82, 2.24) is 9.69 Å². The van der Waals surface area contributed by atoms with Crippen LogP contribution in [0.15, 0.2) is 42.5 Å². The molecule has 3 amide bonds. The number of hydrogen-bond acceptors (Lipinski definition) is 9. The van der Waals surface area contributed by atoms with E-state index >= 15 is 0 Å². The van der Waals surface area contributed by atoms with Gasteiger partial charge in [-0.25, -0.2) is 0 Å². The molecule has 1 heterocycles. The average Bonchev–Trinajstić information content (AvgIpc) is 3.37. The highest BCUT2D eigenvalue weighted by Gasteiger charge is 2.38. The fourth-order valence-electron chi connectivity index (χ4n) is 4.90. The van der Waals surface area contributed by atoms with Crippen molar-refractivity contribution in [2.24, 2.45) is 5.73 Å². The second kappa shape index (κ2) is 12.7. The van der Waals surface area contributed by atoms with E-state index in [1.165, 1.54) is 26.2 Å². The number of amides is 3. The Hall–Kier alpha value is -4.32. The summed E-state index contributed by atoms with van der Waals surface area (Å²) in [4.78, 5) is 41.7. The molecular formula is C28H33N5O6S. The van der Waals surface area contributed by atoms with E-state index in [4.69, 9.17) is 25.7 Å². The molecule has 3 aromatic rings. The number of primary amides is 1. The molecule has 1 atom stereocenters. The molecule has 1 saturated carbocycles. The summed E-state index contributed by atoms with van der Waals surface area (Å²) in [5.41, 5.74) is 12.0. The number of carbonyl (C=O) groups is 3. The smallest absolute Gasteiger partial charge is 0.273 e. The van der Waals surface area contributed by atoms with E-state index < -0.39 is 23.8 Å². The third kappa shape index (κ3) is 5.81. The van der Waals surface area contributed by atoms with E-state index in [2.05, 4.69) is 9.69 Å². The van der Waals surface area contributed by atoms with Crippen LogP contribution in [0.2, 0.25) is 0 Å². The summed E-state index contributed by atoms with van der Waals surface area (Å²) in [7, 11) is 4.48. The summed E-state index contributed by atoms with van der Waals surface area (Å²) >= 11 is 0.739. The Morgan fingerprint density at radius 1 is 0.975 bits per heavy atom. The molecule has 2 aromatic carbocycles. The van der Waals surface area contributed by atoms with Crippen LogP contribution < -0.4 is 35.9 Å². The monoisotopic (exact) mass is 567 g/mol. The lowest BCUT2D eigenvalue weighted by molar-refractivity contribution is -0.123. The number of nitrogens with one attached hydrogen (secondary N) is 1. The number of carbonyl (C=O) groups excluding carboxylic acids is 3. The summed E-state index contributed by atoms with van der Waals surface area (Å²) in [5, 5.41) is 3.15. The second-order valence-electron chi connectivity index (χ2n) is 9.35. The van der Waals surface area contributed by atoms with Gasteiger partial charge in [0.25, 0.3) is 11.8 Å². The van der Waals surface area contributed by atoms with Crippen molar-refractivity contribution in [2.75, 3.05) is 32.0 Å². The number of benzene rings is 2. The Morgan fingerprint density at radius 2 is 1.65 bits per heavy atom. The molecule has 1 aromatic heterocycles. The van der Waals surface area contributed by atoms with Crippen LogP contribution in [0, 0.1) is 0 Å². The van der Waals surface area contributed by atoms with E-state index in [1.807, 2.05) is 0 Å². The number of aromatic nitrogens is 1. The Morgan fingerprint density at radius 3 is 2.27 bits per heavy atom. The molecular weight excluding hydrogens is 534 g/mol. The van der Waals surface area contributed by atoms with Gasteiger partial charge < -0.3 is 31.0 Å². The first kappa shape index (κ1) is 28.7. The minimum atomic E-state index is -1.18. The van der Waals surface area contributed by atoms with Gasteiger partial charge in [-0.05, 0) is 54.2 Å². The molecule has 0 unspecified atom stereocenters. The number of ether oxygens (including phenoxy) is 3. The van der Waals surface area contributed by atoms with Crippen LogP contribution in [0.5, 0.6) is 17.2 Å². The summed E-state index contributed by atoms with van der Waals surface area (Å²) in [6.45, 7) is 0. The lowest BCUT2D eigenvalue weighted by atomic mass is 9.94. The minimum Gasteiger partial charge on any atom is -0.495 e. The summed E-state index contributed by atoms with van der Waals surface area (Å²) < 4.78 is 20.5. The van der Waals surface area contributed by atoms with Gasteiger partial charge >= 0.3 is 0 Å². The van der Waals surface area contributed by atoms with E-state index in [1.54, 1.807) is 42.5 Å². The predicted octanol–water partition coefficient (Wildman–Crippen LogP) is 3.69. The van der Waals surface area contributed by atoms with Gasteiger partial charge in [0.15, 0.2) is 17.2 Å².